The first-order valence-electron chi connectivity index (χ1n) is 7.99. The second-order valence-corrected chi connectivity index (χ2v) is 5.73. The highest BCUT2D eigenvalue weighted by molar-refractivity contribution is 6.13. The largest absolute Gasteiger partial charge is 0.492 e. The van der Waals surface area contributed by atoms with Crippen LogP contribution in [-0.4, -0.2) is 18.4 Å². The molecule has 1 aliphatic carbocycles. The average Bonchev–Trinajstić information content (AvgIpc) is 3.24. The lowest BCUT2D eigenvalue weighted by Gasteiger charge is -2.16. The lowest BCUT2D eigenvalue weighted by Crippen LogP contribution is -2.39. The summed E-state index contributed by atoms with van der Waals surface area (Å²) >= 11 is 0. The van der Waals surface area contributed by atoms with E-state index >= 15 is 0 Å². The van der Waals surface area contributed by atoms with Crippen molar-refractivity contribution in [3.8, 4) is 5.75 Å². The van der Waals surface area contributed by atoms with Gasteiger partial charge >= 0.3 is 0 Å². The number of hydrogen-bond donors (Lipinski definition) is 2. The van der Waals surface area contributed by atoms with E-state index in [4.69, 9.17) is 9.15 Å². The van der Waals surface area contributed by atoms with Crippen LogP contribution in [0, 0.1) is 5.41 Å². The fourth-order valence-electron chi connectivity index (χ4n) is 2.53. The van der Waals surface area contributed by atoms with Crippen molar-refractivity contribution >= 4 is 17.5 Å². The second kappa shape index (κ2) is 6.78. The van der Waals surface area contributed by atoms with Gasteiger partial charge in [-0.05, 0) is 44.0 Å². The summed E-state index contributed by atoms with van der Waals surface area (Å²) in [4.78, 5) is 25.0. The second-order valence-electron chi connectivity index (χ2n) is 5.73. The highest BCUT2D eigenvalue weighted by Gasteiger charge is 2.56. The van der Waals surface area contributed by atoms with Gasteiger partial charge in [0.15, 0.2) is 0 Å². The molecule has 1 aromatic heterocycles. The lowest BCUT2D eigenvalue weighted by atomic mass is 10.0. The summed E-state index contributed by atoms with van der Waals surface area (Å²) in [5.41, 5.74) is -0.416. The molecule has 0 radical (unpaired) electrons. The van der Waals surface area contributed by atoms with E-state index in [1.165, 1.54) is 0 Å². The molecule has 1 fully saturated rings. The van der Waals surface area contributed by atoms with Gasteiger partial charge in [-0.3, -0.25) is 9.59 Å². The van der Waals surface area contributed by atoms with Crippen molar-refractivity contribution in [3.63, 3.8) is 0 Å². The zero-order chi connectivity index (χ0) is 17.0. The Morgan fingerprint density at radius 3 is 2.62 bits per heavy atom. The highest BCUT2D eigenvalue weighted by atomic mass is 16.5. The molecule has 2 N–H and O–H groups in total. The molecular weight excluding hydrogens is 308 g/mol. The van der Waals surface area contributed by atoms with Crippen LogP contribution in [-0.2, 0) is 16.1 Å². The Morgan fingerprint density at radius 1 is 1.17 bits per heavy atom. The van der Waals surface area contributed by atoms with Crippen LogP contribution >= 0.6 is 0 Å². The van der Waals surface area contributed by atoms with E-state index in [-0.39, 0.29) is 18.4 Å². The van der Waals surface area contributed by atoms with Crippen molar-refractivity contribution in [2.45, 2.75) is 26.3 Å². The number of furan rings is 1. The summed E-state index contributed by atoms with van der Waals surface area (Å²) in [6, 6.07) is 10.7. The van der Waals surface area contributed by atoms with E-state index in [0.29, 0.717) is 36.6 Å². The van der Waals surface area contributed by atoms with Gasteiger partial charge in [0.2, 0.25) is 11.8 Å². The van der Waals surface area contributed by atoms with E-state index in [1.807, 2.05) is 19.1 Å². The van der Waals surface area contributed by atoms with Crippen LogP contribution in [0.4, 0.5) is 5.69 Å². The van der Waals surface area contributed by atoms with Crippen LogP contribution in [0.25, 0.3) is 0 Å². The average molecular weight is 328 g/mol. The first kappa shape index (κ1) is 16.1. The van der Waals surface area contributed by atoms with Crippen LogP contribution in [0.3, 0.4) is 0 Å². The van der Waals surface area contributed by atoms with Crippen LogP contribution in [0.5, 0.6) is 5.75 Å². The monoisotopic (exact) mass is 328 g/mol. The Balaban J connectivity index is 1.64. The molecule has 0 bridgehead atoms. The number of carbonyl (C=O) groups is 2. The molecule has 3 rings (SSSR count). The highest BCUT2D eigenvalue weighted by Crippen LogP contribution is 2.47. The molecule has 1 aromatic carbocycles. The number of rotatable bonds is 7. The van der Waals surface area contributed by atoms with E-state index in [9.17, 15) is 9.59 Å². The molecule has 0 spiro atoms. The predicted octanol–water partition coefficient (Wildman–Crippen LogP) is 2.71. The number of carbonyl (C=O) groups excluding carboxylic acids is 2. The van der Waals surface area contributed by atoms with Crippen molar-refractivity contribution in [1.82, 2.24) is 5.32 Å². The van der Waals surface area contributed by atoms with Crippen molar-refractivity contribution in [2.75, 3.05) is 11.9 Å². The van der Waals surface area contributed by atoms with Gasteiger partial charge in [-0.15, -0.1) is 0 Å². The molecule has 0 saturated heterocycles. The fraction of sp³-hybridized carbons (Fsp3) is 0.333. The third-order valence-electron chi connectivity index (χ3n) is 4.06. The van der Waals surface area contributed by atoms with E-state index in [2.05, 4.69) is 10.6 Å². The Kier molecular flexibility index (Phi) is 4.55. The molecule has 6 heteroatoms. The summed E-state index contributed by atoms with van der Waals surface area (Å²) in [5, 5.41) is 5.59. The molecule has 1 heterocycles. The maximum atomic E-state index is 12.6. The molecule has 1 aliphatic rings. The number of amides is 2. The quantitative estimate of drug-likeness (QED) is 0.766. The minimum atomic E-state index is -0.994. The molecular formula is C18H20N2O4. The minimum Gasteiger partial charge on any atom is -0.492 e. The molecule has 0 unspecified atom stereocenters. The molecule has 0 atom stereocenters. The summed E-state index contributed by atoms with van der Waals surface area (Å²) in [6.07, 6.45) is 2.63. The number of nitrogens with one attached hydrogen (secondary N) is 2. The van der Waals surface area contributed by atoms with Crippen LogP contribution in [0.2, 0.25) is 0 Å². The third-order valence-corrected chi connectivity index (χ3v) is 4.06. The molecule has 1 saturated carbocycles. The topological polar surface area (TPSA) is 80.6 Å². The van der Waals surface area contributed by atoms with Crippen molar-refractivity contribution in [3.05, 3.63) is 48.4 Å². The summed E-state index contributed by atoms with van der Waals surface area (Å²) in [5.74, 6) is 0.679. The van der Waals surface area contributed by atoms with Gasteiger partial charge in [-0.1, -0.05) is 12.1 Å². The Labute approximate surface area is 140 Å². The maximum Gasteiger partial charge on any atom is 0.240 e. The zero-order valence-corrected chi connectivity index (χ0v) is 13.5. The number of benzene rings is 1. The number of para-hydroxylation sites is 2. The van der Waals surface area contributed by atoms with E-state index in [1.54, 1.807) is 30.5 Å². The number of anilines is 1. The standard InChI is InChI=1S/C18H20N2O4/c1-2-23-15-8-4-3-7-14(15)20-17(22)18(9-10-18)16(21)19-12-13-6-5-11-24-13/h3-8,11H,2,9-10,12H2,1H3,(H,19,21)(H,20,22). The summed E-state index contributed by atoms with van der Waals surface area (Å²) in [7, 11) is 0. The van der Waals surface area contributed by atoms with Crippen LogP contribution < -0.4 is 15.4 Å². The lowest BCUT2D eigenvalue weighted by molar-refractivity contribution is -0.134. The summed E-state index contributed by atoms with van der Waals surface area (Å²) in [6.45, 7) is 2.65. The third kappa shape index (κ3) is 3.27. The van der Waals surface area contributed by atoms with Crippen molar-refractivity contribution in [1.29, 1.82) is 0 Å². The Morgan fingerprint density at radius 2 is 1.96 bits per heavy atom. The first-order valence-corrected chi connectivity index (χ1v) is 7.99. The van der Waals surface area contributed by atoms with Crippen molar-refractivity contribution in [2.24, 2.45) is 5.41 Å². The molecule has 2 aromatic rings. The van der Waals surface area contributed by atoms with Crippen LogP contribution in [0.15, 0.2) is 47.1 Å². The molecule has 2 amide bonds. The minimum absolute atomic E-state index is 0.273. The molecule has 0 aliphatic heterocycles. The SMILES string of the molecule is CCOc1ccccc1NC(=O)C1(C(=O)NCc2ccco2)CC1. The molecule has 24 heavy (non-hydrogen) atoms. The first-order chi connectivity index (χ1) is 11.7. The van der Waals surface area contributed by atoms with Gasteiger partial charge < -0.3 is 19.8 Å². The van der Waals surface area contributed by atoms with Gasteiger partial charge in [-0.25, -0.2) is 0 Å². The maximum absolute atomic E-state index is 12.6. The van der Waals surface area contributed by atoms with Crippen LogP contribution in [0.1, 0.15) is 25.5 Å². The van der Waals surface area contributed by atoms with Gasteiger partial charge in [-0.2, -0.15) is 0 Å². The fourth-order valence-corrected chi connectivity index (χ4v) is 2.53. The smallest absolute Gasteiger partial charge is 0.240 e. The van der Waals surface area contributed by atoms with E-state index < -0.39 is 5.41 Å². The Bertz CT molecular complexity index is 720. The Hall–Kier alpha value is -2.76. The normalized spacial score (nSPS) is 14.7. The van der Waals surface area contributed by atoms with Gasteiger partial charge in [0.25, 0.3) is 0 Å². The van der Waals surface area contributed by atoms with Gasteiger partial charge in [0, 0.05) is 0 Å². The predicted molar refractivity (Wildman–Crippen MR) is 88.5 cm³/mol. The summed E-state index contributed by atoms with van der Waals surface area (Å²) < 4.78 is 10.7. The van der Waals surface area contributed by atoms with Crippen molar-refractivity contribution < 1.29 is 18.7 Å². The zero-order valence-electron chi connectivity index (χ0n) is 13.5. The van der Waals surface area contributed by atoms with Gasteiger partial charge in [0.05, 0.1) is 25.1 Å². The number of hydrogen-bond acceptors (Lipinski definition) is 4. The van der Waals surface area contributed by atoms with E-state index in [0.717, 1.165) is 0 Å². The molecule has 6 nitrogen and oxygen atoms in total. The van der Waals surface area contributed by atoms with Gasteiger partial charge in [0.1, 0.15) is 16.9 Å². The number of ether oxygens (including phenoxy) is 1. The molecule has 126 valence electrons.